The summed E-state index contributed by atoms with van der Waals surface area (Å²) in [6.07, 6.45) is 4.07. The van der Waals surface area contributed by atoms with Crippen molar-refractivity contribution in [2.45, 2.75) is 24.9 Å². The highest BCUT2D eigenvalue weighted by Crippen LogP contribution is 2.49. The first-order chi connectivity index (χ1) is 12.9. The van der Waals surface area contributed by atoms with Crippen molar-refractivity contribution in [2.75, 3.05) is 0 Å². The molecule has 0 unspecified atom stereocenters. The Balaban J connectivity index is 1.47. The Labute approximate surface area is 157 Å². The number of hydrogen-bond acceptors (Lipinski definition) is 5. The summed E-state index contributed by atoms with van der Waals surface area (Å²) in [5.41, 5.74) is 2.53. The summed E-state index contributed by atoms with van der Waals surface area (Å²) < 4.78 is 27.9. The topological polar surface area (TPSA) is 63.8 Å². The minimum atomic E-state index is -2.63. The van der Waals surface area contributed by atoms with Gasteiger partial charge < -0.3 is 5.11 Å². The van der Waals surface area contributed by atoms with Crippen molar-refractivity contribution in [3.63, 3.8) is 0 Å². The number of aromatic nitrogens is 4. The number of thiophene rings is 1. The van der Waals surface area contributed by atoms with Crippen LogP contribution in [0.25, 0.3) is 32.4 Å². The predicted octanol–water partition coefficient (Wildman–Crippen LogP) is 4.32. The Kier molecular flexibility index (Phi) is 3.57. The Morgan fingerprint density at radius 3 is 2.59 bits per heavy atom. The lowest BCUT2D eigenvalue weighted by Gasteiger charge is -2.37. The van der Waals surface area contributed by atoms with Gasteiger partial charge in [0.15, 0.2) is 5.65 Å². The van der Waals surface area contributed by atoms with Crippen molar-refractivity contribution in [2.24, 2.45) is 13.0 Å². The quantitative estimate of drug-likeness (QED) is 0.569. The number of aliphatic hydroxyl groups excluding tert-OH is 1. The second-order valence-electron chi connectivity index (χ2n) is 7.18. The van der Waals surface area contributed by atoms with Crippen LogP contribution in [0.4, 0.5) is 8.78 Å². The van der Waals surface area contributed by atoms with Crippen molar-refractivity contribution in [3.8, 4) is 11.1 Å². The van der Waals surface area contributed by atoms with Gasteiger partial charge in [-0.1, -0.05) is 0 Å². The fourth-order valence-corrected chi connectivity index (χ4v) is 4.67. The molecule has 5 nitrogen and oxygen atoms in total. The zero-order valence-electron chi connectivity index (χ0n) is 14.4. The van der Waals surface area contributed by atoms with Crippen molar-refractivity contribution in [1.82, 2.24) is 19.7 Å². The van der Waals surface area contributed by atoms with Crippen LogP contribution in [0.15, 0.2) is 36.8 Å². The number of rotatable bonds is 3. The van der Waals surface area contributed by atoms with Crippen molar-refractivity contribution < 1.29 is 13.9 Å². The zero-order chi connectivity index (χ0) is 18.8. The van der Waals surface area contributed by atoms with Crippen molar-refractivity contribution >= 4 is 32.6 Å². The standard InChI is InChI=1S/C19H16F2N4OS/c1-25-9-13-3-12(7-22-17(13)24-25)11-2-10-4-15(27-18(10)23-8-11)16(26)14-5-19(20,21)6-14/h2-4,7-9,14,16,26H,5-6H2,1H3/t16-/m0/s1. The minimum absolute atomic E-state index is 0.252. The lowest BCUT2D eigenvalue weighted by Crippen LogP contribution is -2.38. The van der Waals surface area contributed by atoms with Gasteiger partial charge in [-0.25, -0.2) is 18.7 Å². The molecule has 4 aromatic heterocycles. The molecule has 8 heteroatoms. The second kappa shape index (κ2) is 5.77. The summed E-state index contributed by atoms with van der Waals surface area (Å²) in [7, 11) is 1.85. The van der Waals surface area contributed by atoms with Crippen molar-refractivity contribution in [3.05, 3.63) is 41.7 Å². The van der Waals surface area contributed by atoms with Gasteiger partial charge in [-0.3, -0.25) is 4.68 Å². The van der Waals surface area contributed by atoms with Gasteiger partial charge in [-0.2, -0.15) is 5.10 Å². The minimum Gasteiger partial charge on any atom is -0.387 e. The molecule has 1 fully saturated rings. The molecule has 0 spiro atoms. The summed E-state index contributed by atoms with van der Waals surface area (Å²) in [5, 5.41) is 16.5. The highest BCUT2D eigenvalue weighted by atomic mass is 32.1. The maximum absolute atomic E-state index is 13.1. The molecule has 0 amide bonds. The number of fused-ring (bicyclic) bond motifs is 2. The molecule has 0 aromatic carbocycles. The molecule has 4 heterocycles. The van der Waals surface area contributed by atoms with E-state index in [1.54, 1.807) is 17.1 Å². The third-order valence-electron chi connectivity index (χ3n) is 5.06. The molecule has 0 aliphatic heterocycles. The highest BCUT2D eigenvalue weighted by molar-refractivity contribution is 7.18. The van der Waals surface area contributed by atoms with Crippen LogP contribution >= 0.6 is 11.3 Å². The molecule has 27 heavy (non-hydrogen) atoms. The second-order valence-corrected chi connectivity index (χ2v) is 8.24. The number of nitrogens with zero attached hydrogens (tertiary/aromatic N) is 4. The largest absolute Gasteiger partial charge is 0.387 e. The monoisotopic (exact) mass is 386 g/mol. The lowest BCUT2D eigenvalue weighted by molar-refractivity contribution is -0.141. The van der Waals surface area contributed by atoms with E-state index in [0.717, 1.165) is 26.7 Å². The molecule has 0 saturated heterocycles. The molecule has 1 saturated carbocycles. The van der Waals surface area contributed by atoms with Gasteiger partial charge in [0.05, 0.1) is 6.10 Å². The van der Waals surface area contributed by atoms with Gasteiger partial charge in [-0.15, -0.1) is 11.3 Å². The van der Waals surface area contributed by atoms with Gasteiger partial charge in [0.25, 0.3) is 0 Å². The molecule has 1 N–H and O–H groups in total. The van der Waals surface area contributed by atoms with Crippen LogP contribution in [-0.4, -0.2) is 30.8 Å². The fraction of sp³-hybridized carbons (Fsp3) is 0.316. The third kappa shape index (κ3) is 2.89. The Bertz CT molecular complexity index is 1160. The Morgan fingerprint density at radius 1 is 1.15 bits per heavy atom. The summed E-state index contributed by atoms with van der Waals surface area (Å²) >= 11 is 1.36. The first-order valence-corrected chi connectivity index (χ1v) is 9.45. The number of pyridine rings is 2. The molecule has 4 aromatic rings. The van der Waals surface area contributed by atoms with E-state index in [0.29, 0.717) is 10.5 Å². The van der Waals surface area contributed by atoms with Crippen LogP contribution < -0.4 is 0 Å². The van der Waals surface area contributed by atoms with Gasteiger partial charge in [-0.05, 0) is 18.2 Å². The normalized spacial score (nSPS) is 18.1. The van der Waals surface area contributed by atoms with E-state index in [2.05, 4.69) is 15.1 Å². The molecule has 1 aliphatic rings. The first-order valence-electron chi connectivity index (χ1n) is 8.63. The predicted molar refractivity (Wildman–Crippen MR) is 99.8 cm³/mol. The van der Waals surface area contributed by atoms with E-state index >= 15 is 0 Å². The average molecular weight is 386 g/mol. The molecular weight excluding hydrogens is 370 g/mol. The summed E-state index contributed by atoms with van der Waals surface area (Å²) in [4.78, 5) is 10.3. The molecule has 5 rings (SSSR count). The smallest absolute Gasteiger partial charge is 0.248 e. The van der Waals surface area contributed by atoms with Gasteiger partial charge in [0, 0.05) is 71.2 Å². The van der Waals surface area contributed by atoms with Crippen LogP contribution in [-0.2, 0) is 7.05 Å². The molecular formula is C19H16F2N4OS. The third-order valence-corrected chi connectivity index (χ3v) is 6.19. The van der Waals surface area contributed by atoms with Crippen LogP contribution in [0.2, 0.25) is 0 Å². The maximum Gasteiger partial charge on any atom is 0.248 e. The SMILES string of the molecule is Cn1cc2cc(-c3cnc4sc([C@@H](O)C5CC(F)(F)C5)cc4c3)cnc2n1. The Hall–Kier alpha value is -2.45. The molecule has 0 bridgehead atoms. The van der Waals surface area contributed by atoms with Crippen LogP contribution in [0.5, 0.6) is 0 Å². The van der Waals surface area contributed by atoms with Crippen molar-refractivity contribution in [1.29, 1.82) is 0 Å². The van der Waals surface area contributed by atoms with Crippen LogP contribution in [0.3, 0.4) is 0 Å². The average Bonchev–Trinajstić information content (AvgIpc) is 3.19. The number of halogens is 2. The van der Waals surface area contributed by atoms with E-state index < -0.39 is 12.0 Å². The first kappa shape index (κ1) is 16.7. The summed E-state index contributed by atoms with van der Waals surface area (Å²) in [5.74, 6) is -3.02. The van der Waals surface area contributed by atoms with E-state index in [1.165, 1.54) is 11.3 Å². The molecule has 1 aliphatic carbocycles. The number of aryl methyl sites for hydroxylation is 1. The number of hydrogen-bond donors (Lipinski definition) is 1. The molecule has 138 valence electrons. The van der Waals surface area contributed by atoms with E-state index in [1.807, 2.05) is 31.4 Å². The highest BCUT2D eigenvalue weighted by Gasteiger charge is 2.48. The van der Waals surface area contributed by atoms with Crippen LogP contribution in [0, 0.1) is 5.92 Å². The van der Waals surface area contributed by atoms with Crippen LogP contribution in [0.1, 0.15) is 23.8 Å². The van der Waals surface area contributed by atoms with E-state index in [4.69, 9.17) is 0 Å². The van der Waals surface area contributed by atoms with Gasteiger partial charge in [0.2, 0.25) is 5.92 Å². The fourth-order valence-electron chi connectivity index (χ4n) is 3.61. The number of alkyl halides is 2. The summed E-state index contributed by atoms with van der Waals surface area (Å²) in [6, 6.07) is 5.86. The van der Waals surface area contributed by atoms with E-state index in [9.17, 15) is 13.9 Å². The zero-order valence-corrected chi connectivity index (χ0v) is 15.2. The maximum atomic E-state index is 13.1. The molecule has 1 atom stereocenters. The van der Waals surface area contributed by atoms with Gasteiger partial charge in [0.1, 0.15) is 4.83 Å². The Morgan fingerprint density at radius 2 is 1.85 bits per heavy atom. The van der Waals surface area contributed by atoms with Gasteiger partial charge >= 0.3 is 0 Å². The molecule has 0 radical (unpaired) electrons. The number of aliphatic hydroxyl groups is 1. The lowest BCUT2D eigenvalue weighted by atomic mass is 9.77. The van der Waals surface area contributed by atoms with E-state index in [-0.39, 0.29) is 18.8 Å². The summed E-state index contributed by atoms with van der Waals surface area (Å²) in [6.45, 7) is 0.